The number of rotatable bonds is 4. The van der Waals surface area contributed by atoms with Gasteiger partial charge in [-0.15, -0.1) is 11.3 Å². The van der Waals surface area contributed by atoms with Gasteiger partial charge in [-0.25, -0.2) is 9.78 Å². The van der Waals surface area contributed by atoms with Crippen molar-refractivity contribution in [3.8, 4) is 0 Å². The molecule has 1 saturated heterocycles. The maximum absolute atomic E-state index is 12.4. The maximum atomic E-state index is 12.4. The van der Waals surface area contributed by atoms with Crippen molar-refractivity contribution in [1.82, 2.24) is 25.0 Å². The molecular formula is C16H24N6OS. The number of aryl methyl sites for hydroxylation is 2. The summed E-state index contributed by atoms with van der Waals surface area (Å²) in [4.78, 5) is 20.8. The van der Waals surface area contributed by atoms with Crippen molar-refractivity contribution >= 4 is 23.1 Å². The van der Waals surface area contributed by atoms with Gasteiger partial charge in [0.2, 0.25) is 0 Å². The minimum Gasteiger partial charge on any atom is -0.367 e. The van der Waals surface area contributed by atoms with Crippen LogP contribution in [0.4, 0.5) is 10.5 Å². The van der Waals surface area contributed by atoms with Crippen LogP contribution in [-0.2, 0) is 13.6 Å². The van der Waals surface area contributed by atoms with Crippen LogP contribution in [0.3, 0.4) is 0 Å². The van der Waals surface area contributed by atoms with E-state index in [1.54, 1.807) is 20.9 Å². The Labute approximate surface area is 146 Å². The molecule has 2 aromatic heterocycles. The van der Waals surface area contributed by atoms with Gasteiger partial charge in [0.25, 0.3) is 0 Å². The van der Waals surface area contributed by atoms with Crippen LogP contribution in [0.5, 0.6) is 0 Å². The Morgan fingerprint density at radius 1 is 1.54 bits per heavy atom. The molecule has 8 heteroatoms. The molecule has 1 atom stereocenters. The lowest BCUT2D eigenvalue weighted by atomic mass is 10.1. The lowest BCUT2D eigenvalue weighted by Gasteiger charge is -2.34. The number of hydrogen-bond donors (Lipinski definition) is 1. The monoisotopic (exact) mass is 348 g/mol. The lowest BCUT2D eigenvalue weighted by molar-refractivity contribution is 0.200. The highest BCUT2D eigenvalue weighted by molar-refractivity contribution is 7.09. The third-order valence-corrected chi connectivity index (χ3v) is 5.04. The molecule has 2 aromatic rings. The van der Waals surface area contributed by atoms with E-state index in [1.165, 1.54) is 0 Å². The molecule has 0 bridgehead atoms. The summed E-state index contributed by atoms with van der Waals surface area (Å²) in [5.41, 5.74) is 2.05. The van der Waals surface area contributed by atoms with E-state index < -0.39 is 0 Å². The van der Waals surface area contributed by atoms with Crippen molar-refractivity contribution in [2.75, 3.05) is 25.0 Å². The summed E-state index contributed by atoms with van der Waals surface area (Å²) in [6.45, 7) is 4.34. The molecule has 1 N–H and O–H groups in total. The Morgan fingerprint density at radius 3 is 3.04 bits per heavy atom. The van der Waals surface area contributed by atoms with Crippen LogP contribution in [-0.4, -0.2) is 51.9 Å². The van der Waals surface area contributed by atoms with Gasteiger partial charge < -0.3 is 15.1 Å². The fourth-order valence-corrected chi connectivity index (χ4v) is 3.59. The Bertz CT molecular complexity index is 696. The van der Waals surface area contributed by atoms with Crippen LogP contribution in [0, 0.1) is 6.92 Å². The number of carbonyl (C=O) groups excluding carboxylic acids is 1. The highest BCUT2D eigenvalue weighted by Crippen LogP contribution is 2.19. The summed E-state index contributed by atoms with van der Waals surface area (Å²) in [6, 6.07) is 0.116. The Kier molecular flexibility index (Phi) is 5.03. The van der Waals surface area contributed by atoms with Gasteiger partial charge in [-0.2, -0.15) is 5.10 Å². The first-order valence-electron chi connectivity index (χ1n) is 8.17. The number of carbonyl (C=O) groups is 1. The van der Waals surface area contributed by atoms with E-state index in [4.69, 9.17) is 0 Å². The first kappa shape index (κ1) is 16.8. The molecular weight excluding hydrogens is 324 g/mol. The van der Waals surface area contributed by atoms with E-state index in [-0.39, 0.29) is 12.1 Å². The highest BCUT2D eigenvalue weighted by atomic mass is 32.1. The van der Waals surface area contributed by atoms with Crippen LogP contribution in [0.25, 0.3) is 0 Å². The summed E-state index contributed by atoms with van der Waals surface area (Å²) in [5.74, 6) is 0. The van der Waals surface area contributed by atoms with Gasteiger partial charge in [0.15, 0.2) is 0 Å². The van der Waals surface area contributed by atoms with Gasteiger partial charge in [0.05, 0.1) is 29.1 Å². The molecule has 1 unspecified atom stereocenters. The van der Waals surface area contributed by atoms with Crippen molar-refractivity contribution in [3.63, 3.8) is 0 Å². The first-order chi connectivity index (χ1) is 11.5. The second-order valence-corrected chi connectivity index (χ2v) is 7.38. The number of piperidine rings is 1. The highest BCUT2D eigenvalue weighted by Gasteiger charge is 2.23. The van der Waals surface area contributed by atoms with E-state index in [0.717, 1.165) is 42.3 Å². The Balaban J connectivity index is 1.53. The second-order valence-electron chi connectivity index (χ2n) is 6.32. The molecule has 1 fully saturated rings. The first-order valence-corrected chi connectivity index (χ1v) is 9.05. The zero-order chi connectivity index (χ0) is 17.1. The van der Waals surface area contributed by atoms with Gasteiger partial charge >= 0.3 is 6.03 Å². The number of nitrogens with zero attached hydrogens (tertiary/aromatic N) is 5. The maximum Gasteiger partial charge on any atom is 0.317 e. The fourth-order valence-electron chi connectivity index (χ4n) is 2.98. The SMILES string of the molecule is Cc1nc(CN(C)C(=O)NC2CCCN(c3cnn(C)c3)C2)cs1. The van der Waals surface area contributed by atoms with E-state index in [2.05, 4.69) is 20.3 Å². The van der Waals surface area contributed by atoms with Crippen molar-refractivity contribution in [3.05, 3.63) is 28.5 Å². The van der Waals surface area contributed by atoms with Crippen molar-refractivity contribution in [1.29, 1.82) is 0 Å². The number of amides is 2. The quantitative estimate of drug-likeness (QED) is 0.918. The molecule has 1 aliphatic heterocycles. The van der Waals surface area contributed by atoms with Crippen molar-refractivity contribution < 1.29 is 4.79 Å². The van der Waals surface area contributed by atoms with Crippen LogP contribution >= 0.6 is 11.3 Å². The third kappa shape index (κ3) is 4.05. The average molecular weight is 348 g/mol. The largest absolute Gasteiger partial charge is 0.367 e. The summed E-state index contributed by atoms with van der Waals surface area (Å²) >= 11 is 1.61. The Morgan fingerprint density at radius 2 is 2.38 bits per heavy atom. The van der Waals surface area contributed by atoms with Crippen molar-refractivity contribution in [2.24, 2.45) is 7.05 Å². The number of nitrogens with one attached hydrogen (secondary N) is 1. The molecule has 130 valence electrons. The van der Waals surface area contributed by atoms with Gasteiger partial charge in [0.1, 0.15) is 0 Å². The average Bonchev–Trinajstić information content (AvgIpc) is 3.16. The summed E-state index contributed by atoms with van der Waals surface area (Å²) < 4.78 is 1.81. The topological polar surface area (TPSA) is 66.3 Å². The smallest absolute Gasteiger partial charge is 0.317 e. The van der Waals surface area contributed by atoms with Crippen molar-refractivity contribution in [2.45, 2.75) is 32.4 Å². The van der Waals surface area contributed by atoms with Crippen LogP contribution < -0.4 is 10.2 Å². The molecule has 0 radical (unpaired) electrons. The summed E-state index contributed by atoms with van der Waals surface area (Å²) in [6.07, 6.45) is 5.96. The third-order valence-electron chi connectivity index (χ3n) is 4.22. The normalized spacial score (nSPS) is 17.8. The number of thiazole rings is 1. The minimum absolute atomic E-state index is 0.0429. The lowest BCUT2D eigenvalue weighted by Crippen LogP contribution is -2.50. The molecule has 3 rings (SSSR count). The van der Waals surface area contributed by atoms with Gasteiger partial charge in [-0.1, -0.05) is 0 Å². The predicted octanol–water partition coefficient (Wildman–Crippen LogP) is 2.00. The zero-order valence-electron chi connectivity index (χ0n) is 14.4. The standard InChI is InChI=1S/C16H24N6OS/c1-12-18-14(11-24-12)8-20(2)16(23)19-13-5-4-6-22(9-13)15-7-17-21(3)10-15/h7,10-11,13H,4-6,8-9H2,1-3H3,(H,19,23). The minimum atomic E-state index is -0.0429. The molecule has 1 aliphatic rings. The molecule has 2 amide bonds. The van der Waals surface area contributed by atoms with Gasteiger partial charge in [-0.05, 0) is 19.8 Å². The van der Waals surface area contributed by atoms with Crippen LogP contribution in [0.2, 0.25) is 0 Å². The number of anilines is 1. The van der Waals surface area contributed by atoms with E-state index in [0.29, 0.717) is 6.54 Å². The predicted molar refractivity (Wildman–Crippen MR) is 95.3 cm³/mol. The summed E-state index contributed by atoms with van der Waals surface area (Å²) in [5, 5.41) is 10.4. The molecule has 0 spiro atoms. The second kappa shape index (κ2) is 7.21. The Hall–Kier alpha value is -2.09. The number of aromatic nitrogens is 3. The van der Waals surface area contributed by atoms with E-state index in [1.807, 2.05) is 38.8 Å². The molecule has 0 saturated carbocycles. The van der Waals surface area contributed by atoms with E-state index >= 15 is 0 Å². The summed E-state index contributed by atoms with van der Waals surface area (Å²) in [7, 11) is 3.73. The zero-order valence-corrected chi connectivity index (χ0v) is 15.2. The molecule has 3 heterocycles. The molecule has 0 aromatic carbocycles. The molecule has 7 nitrogen and oxygen atoms in total. The van der Waals surface area contributed by atoms with Crippen LogP contribution in [0.15, 0.2) is 17.8 Å². The molecule has 24 heavy (non-hydrogen) atoms. The number of urea groups is 1. The molecule has 0 aliphatic carbocycles. The van der Waals surface area contributed by atoms with Gasteiger partial charge in [-0.3, -0.25) is 4.68 Å². The number of hydrogen-bond acceptors (Lipinski definition) is 5. The fraction of sp³-hybridized carbons (Fsp3) is 0.562. The van der Waals surface area contributed by atoms with E-state index in [9.17, 15) is 4.79 Å². The van der Waals surface area contributed by atoms with Gasteiger partial charge in [0, 0.05) is 44.8 Å². The van der Waals surface area contributed by atoms with Crippen LogP contribution in [0.1, 0.15) is 23.5 Å².